The Bertz CT molecular complexity index is 825. The third-order valence-corrected chi connectivity index (χ3v) is 5.31. The van der Waals surface area contributed by atoms with E-state index in [0.29, 0.717) is 23.7 Å². The molecule has 142 valence electrons. The van der Waals surface area contributed by atoms with Gasteiger partial charge in [0, 0.05) is 43.2 Å². The molecular weight excluding hydrogens is 362 g/mol. The predicted octanol–water partition coefficient (Wildman–Crippen LogP) is 3.79. The van der Waals surface area contributed by atoms with Gasteiger partial charge in [0.25, 0.3) is 5.91 Å². The number of hydrogen-bond donors (Lipinski definition) is 2. The minimum absolute atomic E-state index is 0.0478. The number of nitrogens with one attached hydrogen (secondary N) is 2. The number of benzene rings is 2. The van der Waals surface area contributed by atoms with E-state index in [2.05, 4.69) is 10.6 Å². The Morgan fingerprint density at radius 3 is 2.78 bits per heavy atom. The molecule has 5 nitrogen and oxygen atoms in total. The minimum Gasteiger partial charge on any atom is -0.348 e. The lowest BCUT2D eigenvalue weighted by atomic mass is 9.89. The Balaban J connectivity index is 1.67. The number of rotatable bonds is 4. The maximum atomic E-state index is 12.6. The standard InChI is InChI=1S/C21H24ClN3O2/c1-23-21(27)25-11-5-9-18(14-25)15-7-4-8-16(12-15)20(26)24-13-17-6-2-3-10-19(17)22/h2-4,6-8,10,12,18H,5,9,11,13-14H2,1H3,(H,23,27)(H,24,26)/t18-/m0/s1. The molecule has 0 radical (unpaired) electrons. The molecule has 0 bridgehead atoms. The number of hydrogen-bond acceptors (Lipinski definition) is 2. The van der Waals surface area contributed by atoms with Crippen LogP contribution in [0.5, 0.6) is 0 Å². The molecule has 27 heavy (non-hydrogen) atoms. The molecule has 1 atom stereocenters. The van der Waals surface area contributed by atoms with Crippen molar-refractivity contribution in [3.05, 3.63) is 70.2 Å². The van der Waals surface area contributed by atoms with Gasteiger partial charge in [-0.25, -0.2) is 4.79 Å². The fourth-order valence-corrected chi connectivity index (χ4v) is 3.65. The first kappa shape index (κ1) is 19.2. The van der Waals surface area contributed by atoms with Gasteiger partial charge >= 0.3 is 6.03 Å². The van der Waals surface area contributed by atoms with Crippen LogP contribution < -0.4 is 10.6 Å². The van der Waals surface area contributed by atoms with E-state index in [0.717, 1.165) is 30.5 Å². The highest BCUT2D eigenvalue weighted by molar-refractivity contribution is 6.31. The van der Waals surface area contributed by atoms with Gasteiger partial charge in [-0.3, -0.25) is 4.79 Å². The van der Waals surface area contributed by atoms with E-state index >= 15 is 0 Å². The van der Waals surface area contributed by atoms with Gasteiger partial charge < -0.3 is 15.5 Å². The average molecular weight is 386 g/mol. The van der Waals surface area contributed by atoms with E-state index in [-0.39, 0.29) is 17.9 Å². The number of amides is 3. The van der Waals surface area contributed by atoms with E-state index in [1.165, 1.54) is 0 Å². The van der Waals surface area contributed by atoms with Crippen LogP contribution in [0.4, 0.5) is 4.79 Å². The molecule has 1 aliphatic heterocycles. The predicted molar refractivity (Wildman–Crippen MR) is 107 cm³/mol. The highest BCUT2D eigenvalue weighted by Crippen LogP contribution is 2.27. The van der Waals surface area contributed by atoms with E-state index in [1.54, 1.807) is 7.05 Å². The topological polar surface area (TPSA) is 61.4 Å². The Hall–Kier alpha value is -2.53. The molecule has 0 saturated carbocycles. The zero-order chi connectivity index (χ0) is 19.2. The molecule has 0 spiro atoms. The summed E-state index contributed by atoms with van der Waals surface area (Å²) in [5.74, 6) is 0.114. The summed E-state index contributed by atoms with van der Waals surface area (Å²) in [6, 6.07) is 15.1. The summed E-state index contributed by atoms with van der Waals surface area (Å²) in [6.45, 7) is 1.83. The van der Waals surface area contributed by atoms with Crippen molar-refractivity contribution in [2.24, 2.45) is 0 Å². The summed E-state index contributed by atoms with van der Waals surface area (Å²) < 4.78 is 0. The fourth-order valence-electron chi connectivity index (χ4n) is 3.44. The SMILES string of the molecule is CNC(=O)N1CCC[C@H](c2cccc(C(=O)NCc3ccccc3Cl)c2)C1. The average Bonchev–Trinajstić information content (AvgIpc) is 2.72. The lowest BCUT2D eigenvalue weighted by Crippen LogP contribution is -2.43. The zero-order valence-electron chi connectivity index (χ0n) is 15.4. The van der Waals surface area contributed by atoms with Crippen molar-refractivity contribution in [2.75, 3.05) is 20.1 Å². The van der Waals surface area contributed by atoms with Crippen LogP contribution in [0.1, 0.15) is 40.2 Å². The van der Waals surface area contributed by atoms with Crippen LogP contribution in [0.15, 0.2) is 48.5 Å². The van der Waals surface area contributed by atoms with Crippen molar-refractivity contribution in [1.29, 1.82) is 0 Å². The Kier molecular flexibility index (Phi) is 6.35. The molecule has 1 fully saturated rings. The third kappa shape index (κ3) is 4.80. The summed E-state index contributed by atoms with van der Waals surface area (Å²) in [4.78, 5) is 26.3. The van der Waals surface area contributed by atoms with Crippen molar-refractivity contribution < 1.29 is 9.59 Å². The van der Waals surface area contributed by atoms with Gasteiger partial charge in [-0.15, -0.1) is 0 Å². The summed E-state index contributed by atoms with van der Waals surface area (Å²) in [5, 5.41) is 6.25. The smallest absolute Gasteiger partial charge is 0.317 e. The number of carbonyl (C=O) groups excluding carboxylic acids is 2. The summed E-state index contributed by atoms with van der Waals surface area (Å²) in [5.41, 5.74) is 2.60. The first-order valence-corrected chi connectivity index (χ1v) is 9.54. The number of likely N-dealkylation sites (tertiary alicyclic amines) is 1. The molecule has 0 aliphatic carbocycles. The van der Waals surface area contributed by atoms with Crippen molar-refractivity contribution in [3.63, 3.8) is 0 Å². The summed E-state index contributed by atoms with van der Waals surface area (Å²) in [7, 11) is 1.65. The van der Waals surface area contributed by atoms with Gasteiger partial charge in [0.05, 0.1) is 0 Å². The van der Waals surface area contributed by atoms with Crippen LogP contribution in [0.3, 0.4) is 0 Å². The maximum Gasteiger partial charge on any atom is 0.317 e. The monoisotopic (exact) mass is 385 g/mol. The molecule has 3 rings (SSSR count). The van der Waals surface area contributed by atoms with Gasteiger partial charge in [0.1, 0.15) is 0 Å². The van der Waals surface area contributed by atoms with Crippen LogP contribution >= 0.6 is 11.6 Å². The maximum absolute atomic E-state index is 12.6. The van der Waals surface area contributed by atoms with E-state index in [9.17, 15) is 9.59 Å². The van der Waals surface area contributed by atoms with Crippen LogP contribution in [0.25, 0.3) is 0 Å². The first-order valence-electron chi connectivity index (χ1n) is 9.16. The number of piperidine rings is 1. The van der Waals surface area contributed by atoms with Gasteiger partial charge in [0.2, 0.25) is 0 Å². The molecule has 3 amide bonds. The molecule has 1 saturated heterocycles. The van der Waals surface area contributed by atoms with E-state index in [4.69, 9.17) is 11.6 Å². The molecule has 6 heteroatoms. The summed E-state index contributed by atoms with van der Waals surface area (Å²) in [6.07, 6.45) is 1.97. The Morgan fingerprint density at radius 1 is 1.19 bits per heavy atom. The van der Waals surface area contributed by atoms with Crippen molar-refractivity contribution in [2.45, 2.75) is 25.3 Å². The second kappa shape index (κ2) is 8.91. The number of carbonyl (C=O) groups is 2. The van der Waals surface area contributed by atoms with Gasteiger partial charge in [-0.2, -0.15) is 0 Å². The third-order valence-electron chi connectivity index (χ3n) is 4.94. The first-order chi connectivity index (χ1) is 13.1. The largest absolute Gasteiger partial charge is 0.348 e. The minimum atomic E-state index is -0.129. The Labute approximate surface area is 164 Å². The number of urea groups is 1. The molecule has 0 unspecified atom stereocenters. The fraction of sp³-hybridized carbons (Fsp3) is 0.333. The lowest BCUT2D eigenvalue weighted by molar-refractivity contribution is 0.0950. The second-order valence-corrected chi connectivity index (χ2v) is 7.15. The molecule has 1 heterocycles. The van der Waals surface area contributed by atoms with Gasteiger partial charge in [0.15, 0.2) is 0 Å². The summed E-state index contributed by atoms with van der Waals surface area (Å²) >= 11 is 6.14. The van der Waals surface area contributed by atoms with Crippen LogP contribution in [0, 0.1) is 0 Å². The van der Waals surface area contributed by atoms with E-state index in [1.807, 2.05) is 53.4 Å². The molecule has 2 aromatic carbocycles. The van der Waals surface area contributed by atoms with Crippen molar-refractivity contribution in [3.8, 4) is 0 Å². The van der Waals surface area contributed by atoms with Gasteiger partial charge in [-0.05, 0) is 42.2 Å². The second-order valence-electron chi connectivity index (χ2n) is 6.74. The van der Waals surface area contributed by atoms with Crippen LogP contribution in [0.2, 0.25) is 5.02 Å². The molecular formula is C21H24ClN3O2. The lowest BCUT2D eigenvalue weighted by Gasteiger charge is -2.32. The van der Waals surface area contributed by atoms with Crippen LogP contribution in [-0.2, 0) is 6.54 Å². The molecule has 2 N–H and O–H groups in total. The molecule has 2 aromatic rings. The Morgan fingerprint density at radius 2 is 2.00 bits per heavy atom. The van der Waals surface area contributed by atoms with Crippen LogP contribution in [-0.4, -0.2) is 37.0 Å². The quantitative estimate of drug-likeness (QED) is 0.841. The number of nitrogens with zero attached hydrogens (tertiary/aromatic N) is 1. The zero-order valence-corrected chi connectivity index (χ0v) is 16.1. The van der Waals surface area contributed by atoms with Gasteiger partial charge in [-0.1, -0.05) is 41.9 Å². The number of halogens is 1. The van der Waals surface area contributed by atoms with E-state index < -0.39 is 0 Å². The molecule has 1 aliphatic rings. The van der Waals surface area contributed by atoms with Crippen molar-refractivity contribution in [1.82, 2.24) is 15.5 Å². The highest BCUT2D eigenvalue weighted by atomic mass is 35.5. The molecule has 0 aromatic heterocycles. The highest BCUT2D eigenvalue weighted by Gasteiger charge is 2.24. The normalized spacial score (nSPS) is 16.7. The van der Waals surface area contributed by atoms with Crippen molar-refractivity contribution >= 4 is 23.5 Å².